The van der Waals surface area contributed by atoms with Gasteiger partial charge in [-0.2, -0.15) is 0 Å². The van der Waals surface area contributed by atoms with Crippen molar-refractivity contribution >= 4 is 51.0 Å². The number of amides is 4. The van der Waals surface area contributed by atoms with Gasteiger partial charge < -0.3 is 40.2 Å². The summed E-state index contributed by atoms with van der Waals surface area (Å²) in [4.78, 5) is 72.5. The molecular formula is C47H53N7O9S. The Morgan fingerprint density at radius 1 is 0.906 bits per heavy atom. The molecule has 2 aromatic heterocycles. The lowest BCUT2D eigenvalue weighted by molar-refractivity contribution is -0.145. The van der Waals surface area contributed by atoms with Crippen molar-refractivity contribution in [2.45, 2.75) is 101 Å². The average molecular weight is 892 g/mol. The summed E-state index contributed by atoms with van der Waals surface area (Å²) < 4.78 is 19.8. The third kappa shape index (κ3) is 10.7. The second-order valence-electron chi connectivity index (χ2n) is 16.7. The highest BCUT2D eigenvalue weighted by atomic mass is 32.1. The lowest BCUT2D eigenvalue weighted by Crippen LogP contribution is -2.58. The van der Waals surface area contributed by atoms with Gasteiger partial charge in [0.1, 0.15) is 54.6 Å². The summed E-state index contributed by atoms with van der Waals surface area (Å²) in [6.45, 7) is 0.535. The summed E-state index contributed by atoms with van der Waals surface area (Å²) in [6.07, 6.45) is 6.01. The van der Waals surface area contributed by atoms with Crippen LogP contribution in [0.1, 0.15) is 72.1 Å². The number of carbonyl (C=O) groups excluding carboxylic acids is 5. The molecule has 2 fully saturated rings. The molecule has 3 aromatic carbocycles. The molecule has 0 spiro atoms. The van der Waals surface area contributed by atoms with Crippen LogP contribution in [0.3, 0.4) is 0 Å². The van der Waals surface area contributed by atoms with Gasteiger partial charge in [-0.05, 0) is 64.6 Å². The number of ether oxygens (including phenoxy) is 3. The highest BCUT2D eigenvalue weighted by Gasteiger charge is 2.43. The van der Waals surface area contributed by atoms with Crippen LogP contribution in [-0.4, -0.2) is 105 Å². The highest BCUT2D eigenvalue weighted by molar-refractivity contribution is 7.17. The Labute approximate surface area is 374 Å². The first-order valence-electron chi connectivity index (χ1n) is 21.9. The van der Waals surface area contributed by atoms with Crippen LogP contribution in [0.2, 0.25) is 0 Å². The van der Waals surface area contributed by atoms with E-state index in [1.54, 1.807) is 59.4 Å². The molecule has 0 unspecified atom stereocenters. The monoisotopic (exact) mass is 891 g/mol. The number of thiophene rings is 1. The lowest BCUT2D eigenvalue weighted by Gasteiger charge is -2.32. The van der Waals surface area contributed by atoms with Crippen molar-refractivity contribution < 1.29 is 43.3 Å². The SMILES string of the molecule is COC(=O)[C@@H]1Cc2ccc(cc2)OCCn2cc(nn2)COc2ccccc2C(=O)N[C@H](CC2CCCCC2)C(=O)N2C[C@@H](O)C[C@@H]2C(=O)N[C@@H](Cc2csc3ccccc23)C(=O)N1. The van der Waals surface area contributed by atoms with Crippen LogP contribution in [0.5, 0.6) is 11.5 Å². The molecule has 4 bridgehead atoms. The Bertz CT molecular complexity index is 2450. The molecule has 5 atom stereocenters. The number of aromatic nitrogens is 3. The summed E-state index contributed by atoms with van der Waals surface area (Å²) in [7, 11) is 1.24. The van der Waals surface area contributed by atoms with Gasteiger partial charge in [-0.1, -0.05) is 79.8 Å². The predicted molar refractivity (Wildman–Crippen MR) is 236 cm³/mol. The normalized spacial score (nSPS) is 23.2. The zero-order valence-electron chi connectivity index (χ0n) is 35.6. The predicted octanol–water partition coefficient (Wildman–Crippen LogP) is 4.12. The molecular weight excluding hydrogens is 839 g/mol. The Morgan fingerprint density at radius 3 is 2.50 bits per heavy atom. The molecule has 17 heteroatoms. The zero-order chi connectivity index (χ0) is 44.6. The van der Waals surface area contributed by atoms with Gasteiger partial charge in [0, 0.05) is 30.5 Å². The Kier molecular flexibility index (Phi) is 14.2. The summed E-state index contributed by atoms with van der Waals surface area (Å²) in [5.74, 6) is -1.97. The summed E-state index contributed by atoms with van der Waals surface area (Å²) in [6, 6.07) is 17.1. The molecule has 4 aliphatic rings. The van der Waals surface area contributed by atoms with Crippen LogP contribution in [0.15, 0.2) is 84.4 Å². The Morgan fingerprint density at radius 2 is 1.69 bits per heavy atom. The maximum atomic E-state index is 14.8. The van der Waals surface area contributed by atoms with Crippen LogP contribution in [0.4, 0.5) is 0 Å². The first-order valence-corrected chi connectivity index (χ1v) is 22.8. The average Bonchev–Trinajstić information content (AvgIpc) is 4.06. The molecule has 0 radical (unpaired) electrons. The zero-order valence-corrected chi connectivity index (χ0v) is 36.5. The number of carbonyl (C=O) groups is 5. The molecule has 3 aliphatic heterocycles. The van der Waals surface area contributed by atoms with Crippen LogP contribution in [0.25, 0.3) is 10.1 Å². The van der Waals surface area contributed by atoms with E-state index < -0.39 is 59.9 Å². The van der Waals surface area contributed by atoms with Gasteiger partial charge in [-0.15, -0.1) is 16.4 Å². The maximum Gasteiger partial charge on any atom is 0.328 e. The first kappa shape index (κ1) is 44.3. The molecule has 16 nitrogen and oxygen atoms in total. The minimum Gasteiger partial charge on any atom is -0.492 e. The minimum absolute atomic E-state index is 0.0209. The van der Waals surface area contributed by atoms with Gasteiger partial charge in [0.15, 0.2) is 0 Å². The van der Waals surface area contributed by atoms with Crippen LogP contribution in [-0.2, 0) is 49.9 Å². The fourth-order valence-corrected chi connectivity index (χ4v) is 9.85. The number of methoxy groups -OCH3 is 1. The number of fused-ring (bicyclic) bond motifs is 15. The number of rotatable bonds is 5. The van der Waals surface area contributed by atoms with Crippen molar-refractivity contribution in [1.29, 1.82) is 0 Å². The number of aliphatic hydroxyl groups excluding tert-OH is 1. The third-order valence-electron chi connectivity index (χ3n) is 12.2. The van der Waals surface area contributed by atoms with Crippen LogP contribution < -0.4 is 25.4 Å². The molecule has 5 heterocycles. The van der Waals surface area contributed by atoms with Gasteiger partial charge in [0.25, 0.3) is 5.91 Å². The van der Waals surface area contributed by atoms with Gasteiger partial charge >= 0.3 is 5.97 Å². The van der Waals surface area contributed by atoms with Crippen molar-refractivity contribution in [3.05, 3.63) is 107 Å². The van der Waals surface area contributed by atoms with Crippen molar-refractivity contribution in [2.75, 3.05) is 20.3 Å². The second kappa shape index (κ2) is 20.5. The van der Waals surface area contributed by atoms with E-state index in [-0.39, 0.29) is 56.3 Å². The molecule has 4 amide bonds. The van der Waals surface area contributed by atoms with Crippen molar-refractivity contribution in [3.63, 3.8) is 0 Å². The molecule has 5 aromatic rings. The molecule has 64 heavy (non-hydrogen) atoms. The van der Waals surface area contributed by atoms with E-state index >= 15 is 0 Å². The molecule has 1 aliphatic carbocycles. The molecule has 9 rings (SSSR count). The summed E-state index contributed by atoms with van der Waals surface area (Å²) >= 11 is 1.51. The lowest BCUT2D eigenvalue weighted by atomic mass is 9.84. The number of hydrogen-bond donors (Lipinski definition) is 4. The summed E-state index contributed by atoms with van der Waals surface area (Å²) in [5.41, 5.74) is 2.27. The fourth-order valence-electron chi connectivity index (χ4n) is 8.88. The van der Waals surface area contributed by atoms with E-state index in [0.717, 1.165) is 53.3 Å². The molecule has 1 saturated carbocycles. The van der Waals surface area contributed by atoms with Crippen LogP contribution >= 0.6 is 11.3 Å². The number of benzene rings is 3. The second-order valence-corrected chi connectivity index (χ2v) is 17.6. The number of esters is 1. The fraction of sp³-hybridized carbons (Fsp3) is 0.426. The van der Waals surface area contributed by atoms with Crippen molar-refractivity contribution in [3.8, 4) is 11.5 Å². The van der Waals surface area contributed by atoms with Crippen molar-refractivity contribution in [1.82, 2.24) is 35.8 Å². The largest absolute Gasteiger partial charge is 0.492 e. The van der Waals surface area contributed by atoms with E-state index in [1.165, 1.54) is 23.3 Å². The summed E-state index contributed by atoms with van der Waals surface area (Å²) in [5, 5.41) is 31.0. The quantitative estimate of drug-likeness (QED) is 0.185. The van der Waals surface area contributed by atoms with E-state index in [2.05, 4.69) is 26.3 Å². The van der Waals surface area contributed by atoms with E-state index in [9.17, 15) is 29.1 Å². The standard InChI is InChI=1S/C47H53N7O9S/c1-61-47(60)39-22-30-15-17-34(18-16-30)62-20-19-53-25-32(51-52-53)27-63-41-13-7-5-12-36(41)43(56)49-38(21-29-9-3-2-4-10-29)46(59)54-26-33(55)24-40(54)45(58)48-37(44(57)50-39)23-31-28-64-42-14-8-6-11-35(31)42/h5-8,11-18,25,28-29,33,37-40,55H,2-4,9-10,19-24,26-27H2,1H3,(H,48,58)(H,49,56)(H,50,57)/t33-,37-,38+,39-,40+/m0/s1. The topological polar surface area (TPSA) is 203 Å². The minimum atomic E-state index is -1.19. The Hall–Kier alpha value is -6.33. The van der Waals surface area contributed by atoms with E-state index in [1.807, 2.05) is 29.6 Å². The smallest absolute Gasteiger partial charge is 0.328 e. The van der Waals surface area contributed by atoms with Gasteiger partial charge in [0.05, 0.1) is 31.5 Å². The number of aliphatic hydroxyl groups is 1. The number of nitrogens with zero attached hydrogens (tertiary/aromatic N) is 4. The third-order valence-corrected chi connectivity index (χ3v) is 13.2. The number of hydrogen-bond acceptors (Lipinski definition) is 12. The number of para-hydroxylation sites is 1. The van der Waals surface area contributed by atoms with E-state index in [4.69, 9.17) is 14.2 Å². The molecule has 336 valence electrons. The van der Waals surface area contributed by atoms with Crippen LogP contribution in [0, 0.1) is 5.92 Å². The highest BCUT2D eigenvalue weighted by Crippen LogP contribution is 2.31. The molecule has 1 saturated heterocycles. The van der Waals surface area contributed by atoms with Gasteiger partial charge in [0.2, 0.25) is 17.7 Å². The van der Waals surface area contributed by atoms with E-state index in [0.29, 0.717) is 24.4 Å². The molecule has 4 N–H and O–H groups in total. The van der Waals surface area contributed by atoms with Crippen molar-refractivity contribution in [2.24, 2.45) is 5.92 Å². The van der Waals surface area contributed by atoms with Gasteiger partial charge in [-0.3, -0.25) is 19.2 Å². The first-order chi connectivity index (χ1) is 31.1. The Balaban J connectivity index is 1.12. The number of nitrogens with one attached hydrogen (secondary N) is 3. The maximum absolute atomic E-state index is 14.8. The van der Waals surface area contributed by atoms with Gasteiger partial charge in [-0.25, -0.2) is 9.48 Å².